The normalized spacial score (nSPS) is 15.1. The Bertz CT molecular complexity index is 1240. The fraction of sp³-hybridized carbons (Fsp3) is 0.435. The van der Waals surface area contributed by atoms with Gasteiger partial charge < -0.3 is 10.2 Å². The fourth-order valence-electron chi connectivity index (χ4n) is 4.18. The van der Waals surface area contributed by atoms with Crippen LogP contribution >= 0.6 is 0 Å². The summed E-state index contributed by atoms with van der Waals surface area (Å²) in [5.41, 5.74) is 4.20. The van der Waals surface area contributed by atoms with E-state index in [1.807, 2.05) is 58.0 Å². The predicted octanol–water partition coefficient (Wildman–Crippen LogP) is 3.18. The van der Waals surface area contributed by atoms with Crippen LogP contribution in [0.15, 0.2) is 35.2 Å². The average molecular weight is 470 g/mol. The maximum Gasteiger partial charge on any atom is 0.246 e. The molecule has 3 aromatic rings. The molecule has 0 atom stereocenters. The number of nitrogens with one attached hydrogen (secondary N) is 1. The van der Waals surface area contributed by atoms with Gasteiger partial charge in [-0.15, -0.1) is 0 Å². The number of anilines is 3. The monoisotopic (exact) mass is 469 g/mol. The third-order valence-electron chi connectivity index (χ3n) is 5.92. The fourth-order valence-corrected chi connectivity index (χ4v) is 5.98. The van der Waals surface area contributed by atoms with E-state index in [1.54, 1.807) is 15.9 Å². The van der Waals surface area contributed by atoms with E-state index >= 15 is 0 Å². The van der Waals surface area contributed by atoms with Crippen molar-refractivity contribution in [3.8, 4) is 0 Å². The molecule has 33 heavy (non-hydrogen) atoms. The Balaban J connectivity index is 1.49. The Morgan fingerprint density at radius 2 is 1.64 bits per heavy atom. The number of aryl methyl sites for hydroxylation is 4. The minimum atomic E-state index is -3.60. The lowest BCUT2D eigenvalue weighted by Gasteiger charge is -2.34. The number of sulfonamides is 1. The Morgan fingerprint density at radius 1 is 0.970 bits per heavy atom. The Labute approximate surface area is 195 Å². The third-order valence-corrected chi connectivity index (χ3v) is 8.08. The number of piperazine rings is 1. The summed E-state index contributed by atoms with van der Waals surface area (Å²) in [6, 6.07) is 9.99. The molecule has 0 spiro atoms. The second kappa shape index (κ2) is 9.11. The molecule has 0 saturated carbocycles. The van der Waals surface area contributed by atoms with E-state index < -0.39 is 10.0 Å². The summed E-state index contributed by atoms with van der Waals surface area (Å²) < 4.78 is 30.0. The number of rotatable bonds is 6. The Morgan fingerprint density at radius 3 is 2.24 bits per heavy atom. The summed E-state index contributed by atoms with van der Waals surface area (Å²) >= 11 is 0. The topological polar surface area (TPSA) is 96.3 Å². The molecule has 2 aromatic heterocycles. The molecular formula is C23H31N7O2S. The number of benzene rings is 1. The summed E-state index contributed by atoms with van der Waals surface area (Å²) in [6.45, 7) is 12.0. The number of aromatic nitrogens is 4. The smallest absolute Gasteiger partial charge is 0.246 e. The van der Waals surface area contributed by atoms with Gasteiger partial charge in [-0.25, -0.2) is 13.4 Å². The minimum Gasteiger partial charge on any atom is -0.354 e. The predicted molar refractivity (Wildman–Crippen MR) is 130 cm³/mol. The zero-order valence-corrected chi connectivity index (χ0v) is 20.6. The molecule has 1 N–H and O–H groups in total. The molecule has 0 aliphatic carbocycles. The van der Waals surface area contributed by atoms with Crippen LogP contribution < -0.4 is 10.2 Å². The highest BCUT2D eigenvalue weighted by Gasteiger charge is 2.33. The number of hydrogen-bond donors (Lipinski definition) is 1. The molecule has 0 radical (unpaired) electrons. The van der Waals surface area contributed by atoms with Crippen molar-refractivity contribution in [3.05, 3.63) is 53.0 Å². The third kappa shape index (κ3) is 4.72. The second-order valence-electron chi connectivity index (χ2n) is 8.39. The van der Waals surface area contributed by atoms with Gasteiger partial charge in [0.1, 0.15) is 10.7 Å². The first-order chi connectivity index (χ1) is 15.7. The molecule has 9 nitrogen and oxygen atoms in total. The summed E-state index contributed by atoms with van der Waals surface area (Å²) in [5, 5.41) is 7.65. The van der Waals surface area contributed by atoms with Gasteiger partial charge >= 0.3 is 0 Å². The Hall–Kier alpha value is -2.98. The lowest BCUT2D eigenvalue weighted by atomic mass is 10.2. The van der Waals surface area contributed by atoms with Gasteiger partial charge in [0.25, 0.3) is 0 Å². The largest absolute Gasteiger partial charge is 0.354 e. The molecule has 1 saturated heterocycles. The van der Waals surface area contributed by atoms with Gasteiger partial charge in [-0.3, -0.25) is 4.68 Å². The molecule has 1 aliphatic heterocycles. The van der Waals surface area contributed by atoms with Crippen LogP contribution in [0.3, 0.4) is 0 Å². The van der Waals surface area contributed by atoms with Crippen LogP contribution in [0.2, 0.25) is 0 Å². The van der Waals surface area contributed by atoms with Crippen LogP contribution in [0.4, 0.5) is 17.5 Å². The van der Waals surface area contributed by atoms with Gasteiger partial charge in [0.05, 0.1) is 11.4 Å². The van der Waals surface area contributed by atoms with Crippen LogP contribution in [0.5, 0.6) is 0 Å². The van der Waals surface area contributed by atoms with Crippen LogP contribution in [-0.2, 0) is 16.6 Å². The van der Waals surface area contributed by atoms with Crippen molar-refractivity contribution >= 4 is 27.5 Å². The molecule has 1 aliphatic rings. The van der Waals surface area contributed by atoms with Gasteiger partial charge in [-0.2, -0.15) is 14.4 Å². The van der Waals surface area contributed by atoms with Crippen molar-refractivity contribution in [2.75, 3.05) is 36.4 Å². The van der Waals surface area contributed by atoms with E-state index in [2.05, 4.69) is 25.3 Å². The SMILES string of the molecule is CCn1nc(C)c(S(=O)(=O)N2CCN(c3cc(C)nc(Nc4ccc(C)cc4)n3)CC2)c1C. The summed E-state index contributed by atoms with van der Waals surface area (Å²) in [5.74, 6) is 1.32. The maximum atomic E-state index is 13.4. The molecule has 176 valence electrons. The maximum absolute atomic E-state index is 13.4. The molecule has 1 fully saturated rings. The van der Waals surface area contributed by atoms with Crippen molar-refractivity contribution in [1.29, 1.82) is 0 Å². The van der Waals surface area contributed by atoms with Gasteiger partial charge in [-0.1, -0.05) is 17.7 Å². The van der Waals surface area contributed by atoms with Crippen molar-refractivity contribution < 1.29 is 8.42 Å². The second-order valence-corrected chi connectivity index (χ2v) is 10.3. The van der Waals surface area contributed by atoms with Crippen LogP contribution in [0.25, 0.3) is 0 Å². The molecule has 1 aromatic carbocycles. The molecular weight excluding hydrogens is 438 g/mol. The lowest BCUT2D eigenvalue weighted by molar-refractivity contribution is 0.383. The van der Waals surface area contributed by atoms with Crippen LogP contribution in [0, 0.1) is 27.7 Å². The zero-order valence-electron chi connectivity index (χ0n) is 19.8. The van der Waals surface area contributed by atoms with E-state index in [0.717, 1.165) is 17.2 Å². The van der Waals surface area contributed by atoms with Crippen LogP contribution in [0.1, 0.15) is 29.6 Å². The number of nitrogens with zero attached hydrogens (tertiary/aromatic N) is 6. The molecule has 0 bridgehead atoms. The molecule has 0 amide bonds. The van der Waals surface area contributed by atoms with Crippen molar-refractivity contribution in [2.24, 2.45) is 0 Å². The van der Waals surface area contributed by atoms with E-state index in [0.29, 0.717) is 55.0 Å². The van der Waals surface area contributed by atoms with Gasteiger partial charge in [-0.05, 0) is 46.8 Å². The number of hydrogen-bond acceptors (Lipinski definition) is 7. The molecule has 3 heterocycles. The van der Waals surface area contributed by atoms with E-state index in [4.69, 9.17) is 0 Å². The van der Waals surface area contributed by atoms with E-state index in [-0.39, 0.29) is 0 Å². The minimum absolute atomic E-state index is 0.334. The standard InChI is InChI=1S/C23H31N7O2S/c1-6-30-19(5)22(18(4)27-30)33(31,32)29-13-11-28(12-14-29)21-15-17(3)24-23(26-21)25-20-9-7-16(2)8-10-20/h7-10,15H,6,11-14H2,1-5H3,(H,24,25,26). The van der Waals surface area contributed by atoms with Gasteiger partial charge in [0, 0.05) is 50.2 Å². The van der Waals surface area contributed by atoms with E-state index in [1.165, 1.54) is 5.56 Å². The molecule has 10 heteroatoms. The van der Waals surface area contributed by atoms with Crippen molar-refractivity contribution in [1.82, 2.24) is 24.1 Å². The highest BCUT2D eigenvalue weighted by molar-refractivity contribution is 7.89. The average Bonchev–Trinajstić information content (AvgIpc) is 3.08. The summed E-state index contributed by atoms with van der Waals surface area (Å²) in [6.07, 6.45) is 0. The highest BCUT2D eigenvalue weighted by Crippen LogP contribution is 2.26. The Kier molecular flexibility index (Phi) is 6.40. The summed E-state index contributed by atoms with van der Waals surface area (Å²) in [4.78, 5) is 11.6. The first-order valence-electron chi connectivity index (χ1n) is 11.2. The van der Waals surface area contributed by atoms with Gasteiger partial charge in [0.15, 0.2) is 0 Å². The van der Waals surface area contributed by atoms with Crippen molar-refractivity contribution in [2.45, 2.75) is 46.1 Å². The van der Waals surface area contributed by atoms with Gasteiger partial charge in [0.2, 0.25) is 16.0 Å². The lowest BCUT2D eigenvalue weighted by Crippen LogP contribution is -2.49. The zero-order chi connectivity index (χ0) is 23.8. The first kappa shape index (κ1) is 23.2. The molecule has 0 unspecified atom stereocenters. The van der Waals surface area contributed by atoms with E-state index in [9.17, 15) is 8.42 Å². The molecule has 4 rings (SSSR count). The highest BCUT2D eigenvalue weighted by atomic mass is 32.2. The van der Waals surface area contributed by atoms with Crippen LogP contribution in [-0.4, -0.2) is 58.7 Å². The quantitative estimate of drug-likeness (QED) is 0.592. The van der Waals surface area contributed by atoms with Crippen molar-refractivity contribution in [3.63, 3.8) is 0 Å². The first-order valence-corrected chi connectivity index (χ1v) is 12.6. The summed E-state index contributed by atoms with van der Waals surface area (Å²) in [7, 11) is -3.60.